The van der Waals surface area contributed by atoms with Crippen LogP contribution in [-0.2, 0) is 4.79 Å². The van der Waals surface area contributed by atoms with Gasteiger partial charge in [-0.05, 0) is 18.8 Å². The molecule has 0 saturated heterocycles. The van der Waals surface area contributed by atoms with E-state index >= 15 is 0 Å². The molecule has 1 fully saturated rings. The van der Waals surface area contributed by atoms with E-state index in [4.69, 9.17) is 5.11 Å². The van der Waals surface area contributed by atoms with Gasteiger partial charge in [-0.1, -0.05) is 39.0 Å². The van der Waals surface area contributed by atoms with Crippen molar-refractivity contribution in [1.82, 2.24) is 10.6 Å². The maximum absolute atomic E-state index is 11.5. The summed E-state index contributed by atoms with van der Waals surface area (Å²) in [5.74, 6) is -0.469. The molecule has 1 saturated carbocycles. The molecule has 1 aliphatic rings. The number of rotatable bonds is 7. The normalized spacial score (nSPS) is 17.7. The fraction of sp³-hybridized carbons (Fsp3) is 0.857. The van der Waals surface area contributed by atoms with E-state index in [1.165, 1.54) is 32.1 Å². The molecule has 0 aromatic heterocycles. The molecule has 110 valence electrons. The molecule has 0 heterocycles. The largest absolute Gasteiger partial charge is 0.481 e. The van der Waals surface area contributed by atoms with E-state index in [1.807, 2.05) is 0 Å². The van der Waals surface area contributed by atoms with E-state index in [0.29, 0.717) is 19.5 Å². The molecule has 0 radical (unpaired) electrons. The van der Waals surface area contributed by atoms with Crippen LogP contribution in [0.5, 0.6) is 0 Å². The van der Waals surface area contributed by atoms with Gasteiger partial charge in [-0.3, -0.25) is 4.79 Å². The lowest BCUT2D eigenvalue weighted by atomic mass is 9.87. The summed E-state index contributed by atoms with van der Waals surface area (Å²) < 4.78 is 0. The summed E-state index contributed by atoms with van der Waals surface area (Å²) >= 11 is 0. The van der Waals surface area contributed by atoms with Crippen LogP contribution < -0.4 is 10.6 Å². The first-order valence-electron chi connectivity index (χ1n) is 7.34. The topological polar surface area (TPSA) is 78.4 Å². The molecular weight excluding hydrogens is 244 g/mol. The number of urea groups is 1. The van der Waals surface area contributed by atoms with Gasteiger partial charge < -0.3 is 15.7 Å². The molecule has 0 bridgehead atoms. The Bertz CT molecular complexity index is 288. The Labute approximate surface area is 115 Å². The van der Waals surface area contributed by atoms with Crippen LogP contribution >= 0.6 is 0 Å². The highest BCUT2D eigenvalue weighted by Crippen LogP contribution is 2.25. The number of carbonyl (C=O) groups is 2. The highest BCUT2D eigenvalue weighted by molar-refractivity contribution is 5.74. The van der Waals surface area contributed by atoms with Crippen molar-refractivity contribution in [3.05, 3.63) is 0 Å². The number of carboxylic acid groups (broad SMARTS) is 1. The van der Waals surface area contributed by atoms with Gasteiger partial charge in [0.2, 0.25) is 0 Å². The second kappa shape index (κ2) is 8.77. The van der Waals surface area contributed by atoms with Crippen molar-refractivity contribution in [2.45, 2.75) is 51.9 Å². The second-order valence-electron chi connectivity index (χ2n) is 5.50. The minimum absolute atomic E-state index is 0.187. The van der Waals surface area contributed by atoms with Gasteiger partial charge in [-0.2, -0.15) is 0 Å². The zero-order chi connectivity index (χ0) is 14.1. The van der Waals surface area contributed by atoms with Crippen LogP contribution in [0.4, 0.5) is 4.79 Å². The van der Waals surface area contributed by atoms with Crippen molar-refractivity contribution in [2.24, 2.45) is 11.8 Å². The molecule has 0 aromatic rings. The van der Waals surface area contributed by atoms with Crippen molar-refractivity contribution in [3.63, 3.8) is 0 Å². The van der Waals surface area contributed by atoms with Crippen LogP contribution in [0, 0.1) is 11.8 Å². The minimum atomic E-state index is -0.820. The summed E-state index contributed by atoms with van der Waals surface area (Å²) in [5.41, 5.74) is 0. The molecule has 3 N–H and O–H groups in total. The lowest BCUT2D eigenvalue weighted by molar-refractivity contribution is -0.141. The average Bonchev–Trinajstić information content (AvgIpc) is 2.39. The molecule has 0 aromatic carbocycles. The first kappa shape index (κ1) is 15.8. The van der Waals surface area contributed by atoms with Gasteiger partial charge in [0.25, 0.3) is 0 Å². The molecule has 5 heteroatoms. The average molecular weight is 270 g/mol. The van der Waals surface area contributed by atoms with Crippen LogP contribution in [0.2, 0.25) is 0 Å². The van der Waals surface area contributed by atoms with Crippen LogP contribution in [0.3, 0.4) is 0 Å². The Hall–Kier alpha value is -1.26. The second-order valence-corrected chi connectivity index (χ2v) is 5.50. The van der Waals surface area contributed by atoms with Crippen LogP contribution in [0.1, 0.15) is 51.9 Å². The fourth-order valence-electron chi connectivity index (χ4n) is 2.45. The van der Waals surface area contributed by atoms with Gasteiger partial charge in [0.1, 0.15) is 0 Å². The number of carboxylic acids is 1. The highest BCUT2D eigenvalue weighted by Gasteiger charge is 2.13. The van der Waals surface area contributed by atoms with E-state index in [9.17, 15) is 9.59 Å². The first-order valence-corrected chi connectivity index (χ1v) is 7.34. The third-order valence-electron chi connectivity index (χ3n) is 3.85. The first-order chi connectivity index (χ1) is 9.09. The van der Waals surface area contributed by atoms with Crippen molar-refractivity contribution < 1.29 is 14.7 Å². The quantitative estimate of drug-likeness (QED) is 0.664. The summed E-state index contributed by atoms with van der Waals surface area (Å²) in [4.78, 5) is 22.1. The number of amides is 2. The third-order valence-corrected chi connectivity index (χ3v) is 3.85. The number of aliphatic carboxylic acids is 1. The number of nitrogens with one attached hydrogen (secondary N) is 2. The summed E-state index contributed by atoms with van der Waals surface area (Å²) in [7, 11) is 0. The fourth-order valence-corrected chi connectivity index (χ4v) is 2.45. The Kier molecular flexibility index (Phi) is 7.30. The minimum Gasteiger partial charge on any atom is -0.481 e. The Morgan fingerprint density at radius 3 is 2.42 bits per heavy atom. The van der Waals surface area contributed by atoms with Gasteiger partial charge in [-0.25, -0.2) is 4.79 Å². The number of carbonyl (C=O) groups excluding carboxylic acids is 1. The van der Waals surface area contributed by atoms with Crippen molar-refractivity contribution in [1.29, 1.82) is 0 Å². The molecule has 1 aliphatic carbocycles. The molecule has 1 atom stereocenters. The molecule has 19 heavy (non-hydrogen) atoms. The molecule has 0 spiro atoms. The SMILES string of the molecule is CC(CCNC(=O)NCCC1CCCCC1)C(=O)O. The van der Waals surface area contributed by atoms with E-state index < -0.39 is 11.9 Å². The van der Waals surface area contributed by atoms with E-state index in [1.54, 1.807) is 6.92 Å². The van der Waals surface area contributed by atoms with Gasteiger partial charge in [0, 0.05) is 13.1 Å². The Morgan fingerprint density at radius 2 is 1.79 bits per heavy atom. The van der Waals surface area contributed by atoms with E-state index in [0.717, 1.165) is 12.3 Å². The summed E-state index contributed by atoms with van der Waals surface area (Å²) in [6, 6.07) is -0.187. The van der Waals surface area contributed by atoms with Crippen LogP contribution in [0.25, 0.3) is 0 Å². The third kappa shape index (κ3) is 7.03. The van der Waals surface area contributed by atoms with Gasteiger partial charge in [0.05, 0.1) is 5.92 Å². The standard InChI is InChI=1S/C14H26N2O3/c1-11(13(17)18)7-9-15-14(19)16-10-8-12-5-3-2-4-6-12/h11-12H,2-10H2,1H3,(H,17,18)(H2,15,16,19). The van der Waals surface area contributed by atoms with Crippen LogP contribution in [0.15, 0.2) is 0 Å². The van der Waals surface area contributed by atoms with Crippen LogP contribution in [-0.4, -0.2) is 30.2 Å². The summed E-state index contributed by atoms with van der Waals surface area (Å²) in [5, 5.41) is 14.2. The molecule has 1 unspecified atom stereocenters. The lowest BCUT2D eigenvalue weighted by Gasteiger charge is -2.21. The Morgan fingerprint density at radius 1 is 1.16 bits per heavy atom. The molecule has 1 rings (SSSR count). The van der Waals surface area contributed by atoms with Gasteiger partial charge in [-0.15, -0.1) is 0 Å². The van der Waals surface area contributed by atoms with E-state index in [-0.39, 0.29) is 6.03 Å². The van der Waals surface area contributed by atoms with Crippen molar-refractivity contribution >= 4 is 12.0 Å². The Balaban J connectivity index is 1.99. The number of hydrogen-bond donors (Lipinski definition) is 3. The monoisotopic (exact) mass is 270 g/mol. The zero-order valence-electron chi connectivity index (χ0n) is 11.8. The summed E-state index contributed by atoms with van der Waals surface area (Å²) in [6.45, 7) is 2.76. The molecule has 0 aliphatic heterocycles. The maximum Gasteiger partial charge on any atom is 0.314 e. The number of hydrogen-bond acceptors (Lipinski definition) is 2. The predicted octanol–water partition coefficient (Wildman–Crippen LogP) is 2.37. The lowest BCUT2D eigenvalue weighted by Crippen LogP contribution is -2.37. The van der Waals surface area contributed by atoms with Crippen molar-refractivity contribution in [3.8, 4) is 0 Å². The zero-order valence-corrected chi connectivity index (χ0v) is 11.8. The smallest absolute Gasteiger partial charge is 0.314 e. The van der Waals surface area contributed by atoms with Gasteiger partial charge in [0.15, 0.2) is 0 Å². The maximum atomic E-state index is 11.5. The molecule has 5 nitrogen and oxygen atoms in total. The van der Waals surface area contributed by atoms with Crippen molar-refractivity contribution in [2.75, 3.05) is 13.1 Å². The summed E-state index contributed by atoms with van der Waals surface area (Å²) in [6.07, 6.45) is 8.10. The highest BCUT2D eigenvalue weighted by atomic mass is 16.4. The van der Waals surface area contributed by atoms with E-state index in [2.05, 4.69) is 10.6 Å². The molecule has 2 amide bonds. The predicted molar refractivity (Wildman–Crippen MR) is 74.0 cm³/mol. The molecular formula is C14H26N2O3. The van der Waals surface area contributed by atoms with Gasteiger partial charge >= 0.3 is 12.0 Å².